The number of aromatic nitrogens is 4. The van der Waals surface area contributed by atoms with Gasteiger partial charge in [-0.1, -0.05) is 30.3 Å². The van der Waals surface area contributed by atoms with E-state index in [0.717, 1.165) is 22.9 Å². The fourth-order valence-corrected chi connectivity index (χ4v) is 3.61. The van der Waals surface area contributed by atoms with E-state index >= 15 is 0 Å². The molecule has 0 aliphatic carbocycles. The van der Waals surface area contributed by atoms with Gasteiger partial charge in [-0.3, -0.25) is 14.3 Å². The van der Waals surface area contributed by atoms with Crippen LogP contribution in [-0.2, 0) is 10.0 Å². The molecular weight excluding hydrogens is 388 g/mol. The van der Waals surface area contributed by atoms with Gasteiger partial charge < -0.3 is 5.32 Å². The fourth-order valence-electron chi connectivity index (χ4n) is 3.06. The Balaban J connectivity index is 1.66. The van der Waals surface area contributed by atoms with Crippen LogP contribution in [0.5, 0.6) is 0 Å². The lowest BCUT2D eigenvalue weighted by Gasteiger charge is -2.15. The summed E-state index contributed by atoms with van der Waals surface area (Å²) in [6, 6.07) is 15.3. The lowest BCUT2D eigenvalue weighted by molar-refractivity contribution is 0.607. The molecule has 0 saturated carbocycles. The Kier molecular flexibility index (Phi) is 4.89. The Hall–Kier alpha value is -3.46. The Bertz CT molecular complexity index is 1250. The van der Waals surface area contributed by atoms with Crippen LogP contribution in [0.3, 0.4) is 0 Å². The second-order valence-corrected chi connectivity index (χ2v) is 8.48. The number of hydrogen-bond acceptors (Lipinski definition) is 6. The van der Waals surface area contributed by atoms with E-state index in [1.54, 1.807) is 41.5 Å². The van der Waals surface area contributed by atoms with Crippen molar-refractivity contribution in [1.29, 1.82) is 0 Å². The topological polar surface area (TPSA) is 102 Å². The summed E-state index contributed by atoms with van der Waals surface area (Å²) in [5.74, 6) is 1.21. The number of imidazole rings is 1. The zero-order valence-electron chi connectivity index (χ0n) is 15.9. The van der Waals surface area contributed by atoms with Gasteiger partial charge in [0.05, 0.1) is 35.4 Å². The molecule has 148 valence electrons. The van der Waals surface area contributed by atoms with E-state index in [1.165, 1.54) is 0 Å². The second-order valence-electron chi connectivity index (χ2n) is 6.73. The van der Waals surface area contributed by atoms with Crippen molar-refractivity contribution in [2.75, 3.05) is 16.3 Å². The Labute approximate surface area is 168 Å². The number of benzene rings is 2. The minimum absolute atomic E-state index is 0.0610. The highest BCUT2D eigenvalue weighted by Crippen LogP contribution is 2.23. The first kappa shape index (κ1) is 18.9. The number of nitrogens with one attached hydrogen (secondary N) is 2. The molecule has 2 heterocycles. The summed E-state index contributed by atoms with van der Waals surface area (Å²) in [6.45, 7) is 2.05. The van der Waals surface area contributed by atoms with Gasteiger partial charge in [0.25, 0.3) is 0 Å². The molecular formula is C20H20N6O2S. The molecule has 29 heavy (non-hydrogen) atoms. The van der Waals surface area contributed by atoms with E-state index in [2.05, 4.69) is 44.0 Å². The lowest BCUT2D eigenvalue weighted by atomic mass is 10.1. The maximum atomic E-state index is 11.5. The molecule has 0 bridgehead atoms. The number of sulfonamides is 1. The van der Waals surface area contributed by atoms with Crippen molar-refractivity contribution in [2.45, 2.75) is 13.0 Å². The van der Waals surface area contributed by atoms with Crippen LogP contribution >= 0.6 is 0 Å². The first-order valence-corrected chi connectivity index (χ1v) is 10.9. The van der Waals surface area contributed by atoms with E-state index in [0.29, 0.717) is 17.3 Å². The highest BCUT2D eigenvalue weighted by molar-refractivity contribution is 7.92. The standard InChI is InChI=1S/C20H20N6O2S/c1-14(15-6-4-3-5-7-15)23-19-11-21-12-20(24-19)26-13-22-17-9-8-16(10-18(17)26)25-29(2,27)28/h3-14,25H,1-2H3,(H,23,24). The van der Waals surface area contributed by atoms with Crippen LogP contribution in [-0.4, -0.2) is 34.2 Å². The maximum absolute atomic E-state index is 11.5. The van der Waals surface area contributed by atoms with Crippen LogP contribution < -0.4 is 10.0 Å². The zero-order valence-corrected chi connectivity index (χ0v) is 16.8. The minimum atomic E-state index is -3.37. The summed E-state index contributed by atoms with van der Waals surface area (Å²) >= 11 is 0. The quantitative estimate of drug-likeness (QED) is 0.507. The van der Waals surface area contributed by atoms with E-state index in [1.807, 2.05) is 18.2 Å². The van der Waals surface area contributed by atoms with Crippen molar-refractivity contribution in [3.63, 3.8) is 0 Å². The van der Waals surface area contributed by atoms with Gasteiger partial charge in [0.1, 0.15) is 12.1 Å². The molecule has 8 nitrogen and oxygen atoms in total. The third-order valence-corrected chi connectivity index (χ3v) is 4.99. The van der Waals surface area contributed by atoms with Crippen molar-refractivity contribution in [1.82, 2.24) is 19.5 Å². The molecule has 2 aromatic heterocycles. The first-order chi connectivity index (χ1) is 13.9. The van der Waals surface area contributed by atoms with Crippen LogP contribution in [0, 0.1) is 0 Å². The average Bonchev–Trinajstić information content (AvgIpc) is 3.11. The fraction of sp³-hybridized carbons (Fsp3) is 0.150. The number of hydrogen-bond donors (Lipinski definition) is 2. The molecule has 9 heteroatoms. The summed E-state index contributed by atoms with van der Waals surface area (Å²) in [4.78, 5) is 13.3. The predicted molar refractivity (Wildman–Crippen MR) is 114 cm³/mol. The van der Waals surface area contributed by atoms with Gasteiger partial charge in [0.15, 0.2) is 5.82 Å². The minimum Gasteiger partial charge on any atom is -0.362 e. The van der Waals surface area contributed by atoms with Gasteiger partial charge in [-0.15, -0.1) is 0 Å². The first-order valence-electron chi connectivity index (χ1n) is 8.98. The van der Waals surface area contributed by atoms with Crippen LogP contribution in [0.4, 0.5) is 11.5 Å². The maximum Gasteiger partial charge on any atom is 0.229 e. The molecule has 4 rings (SSSR count). The predicted octanol–water partition coefficient (Wildman–Crippen LogP) is 3.36. The summed E-state index contributed by atoms with van der Waals surface area (Å²) in [5, 5.41) is 3.35. The highest BCUT2D eigenvalue weighted by Gasteiger charge is 2.11. The molecule has 0 aliphatic heterocycles. The lowest BCUT2D eigenvalue weighted by Crippen LogP contribution is -2.10. The van der Waals surface area contributed by atoms with Crippen molar-refractivity contribution in [3.8, 4) is 5.82 Å². The third kappa shape index (κ3) is 4.35. The number of fused-ring (bicyclic) bond motifs is 1. The van der Waals surface area contributed by atoms with Crippen molar-refractivity contribution < 1.29 is 8.42 Å². The highest BCUT2D eigenvalue weighted by atomic mass is 32.2. The zero-order chi connectivity index (χ0) is 20.4. The van der Waals surface area contributed by atoms with Gasteiger partial charge >= 0.3 is 0 Å². The molecule has 0 aliphatic rings. The molecule has 0 amide bonds. The number of nitrogens with zero attached hydrogens (tertiary/aromatic N) is 4. The van der Waals surface area contributed by atoms with Gasteiger partial charge in [-0.05, 0) is 30.7 Å². The van der Waals surface area contributed by atoms with Gasteiger partial charge in [0, 0.05) is 6.04 Å². The molecule has 2 aromatic carbocycles. The summed E-state index contributed by atoms with van der Waals surface area (Å²) < 4.78 is 27.3. The second kappa shape index (κ2) is 7.51. The Morgan fingerprint density at radius 3 is 2.62 bits per heavy atom. The molecule has 0 fully saturated rings. The molecule has 0 saturated heterocycles. The average molecular weight is 408 g/mol. The monoisotopic (exact) mass is 408 g/mol. The molecule has 1 atom stereocenters. The molecule has 2 N–H and O–H groups in total. The normalized spacial score (nSPS) is 12.6. The third-order valence-electron chi connectivity index (χ3n) is 4.38. The van der Waals surface area contributed by atoms with Crippen molar-refractivity contribution in [2.24, 2.45) is 0 Å². The van der Waals surface area contributed by atoms with E-state index in [4.69, 9.17) is 0 Å². The molecule has 4 aromatic rings. The van der Waals surface area contributed by atoms with E-state index in [-0.39, 0.29) is 6.04 Å². The van der Waals surface area contributed by atoms with Crippen LogP contribution in [0.1, 0.15) is 18.5 Å². The van der Waals surface area contributed by atoms with Gasteiger partial charge in [-0.2, -0.15) is 0 Å². The van der Waals surface area contributed by atoms with Crippen molar-refractivity contribution in [3.05, 3.63) is 72.8 Å². The molecule has 1 unspecified atom stereocenters. The smallest absolute Gasteiger partial charge is 0.229 e. The Morgan fingerprint density at radius 2 is 1.86 bits per heavy atom. The summed E-state index contributed by atoms with van der Waals surface area (Å²) in [7, 11) is -3.37. The van der Waals surface area contributed by atoms with E-state index in [9.17, 15) is 8.42 Å². The molecule has 0 radical (unpaired) electrons. The Morgan fingerprint density at radius 1 is 1.07 bits per heavy atom. The number of anilines is 2. The van der Waals surface area contributed by atoms with Crippen LogP contribution in [0.15, 0.2) is 67.3 Å². The van der Waals surface area contributed by atoms with Crippen LogP contribution in [0.25, 0.3) is 16.9 Å². The van der Waals surface area contributed by atoms with Crippen LogP contribution in [0.2, 0.25) is 0 Å². The summed E-state index contributed by atoms with van der Waals surface area (Å²) in [5.41, 5.74) is 3.05. The van der Waals surface area contributed by atoms with E-state index < -0.39 is 10.0 Å². The summed E-state index contributed by atoms with van der Waals surface area (Å²) in [6.07, 6.45) is 6.06. The SMILES string of the molecule is CC(Nc1cncc(-n2cnc3ccc(NS(C)(=O)=O)cc32)n1)c1ccccc1. The largest absolute Gasteiger partial charge is 0.362 e. The van der Waals surface area contributed by atoms with Gasteiger partial charge in [0.2, 0.25) is 10.0 Å². The van der Waals surface area contributed by atoms with Crippen molar-refractivity contribution >= 4 is 32.6 Å². The van der Waals surface area contributed by atoms with Gasteiger partial charge in [-0.25, -0.2) is 18.4 Å². The molecule has 0 spiro atoms. The number of rotatable bonds is 6.